The van der Waals surface area contributed by atoms with E-state index in [1.165, 1.54) is 0 Å². The van der Waals surface area contributed by atoms with Gasteiger partial charge in [-0.05, 0) is 11.6 Å². The van der Waals surface area contributed by atoms with Crippen LogP contribution in [0.5, 0.6) is 0 Å². The number of hydrogen-bond acceptors (Lipinski definition) is 4. The third kappa shape index (κ3) is 3.98. The van der Waals surface area contributed by atoms with Crippen LogP contribution in [0, 0.1) is 0 Å². The molecule has 1 aromatic heterocycles. The highest BCUT2D eigenvalue weighted by Crippen LogP contribution is 2.21. The molecule has 2 aliphatic rings. The first-order valence-electron chi connectivity index (χ1n) is 10.0. The molecule has 4 rings (SSSR count). The number of piperazine rings is 1. The molecule has 2 fully saturated rings. The Morgan fingerprint density at radius 2 is 1.45 bits per heavy atom. The second-order valence-corrected chi connectivity index (χ2v) is 7.54. The normalized spacial score (nSPS) is 17.6. The van der Waals surface area contributed by atoms with E-state index in [2.05, 4.69) is 0 Å². The maximum absolute atomic E-state index is 12.8. The maximum atomic E-state index is 12.8. The fraction of sp³-hybridized carbons (Fsp3) is 0.476. The van der Waals surface area contributed by atoms with Crippen molar-refractivity contribution in [1.82, 2.24) is 19.3 Å². The van der Waals surface area contributed by atoms with E-state index in [9.17, 15) is 14.4 Å². The molecule has 3 heterocycles. The SMILES string of the molecule is Cn1cc(CC(=O)N2CCN(C(=O)C(=O)N3CCOCC3)CC2)c2ccccc21. The van der Waals surface area contributed by atoms with Crippen LogP contribution in [0.3, 0.4) is 0 Å². The van der Waals surface area contributed by atoms with Gasteiger partial charge in [0.1, 0.15) is 0 Å². The summed E-state index contributed by atoms with van der Waals surface area (Å²) >= 11 is 0. The number of carbonyl (C=O) groups excluding carboxylic acids is 3. The van der Waals surface area contributed by atoms with Crippen molar-refractivity contribution in [3.05, 3.63) is 36.0 Å². The highest BCUT2D eigenvalue weighted by atomic mass is 16.5. The maximum Gasteiger partial charge on any atom is 0.312 e. The second-order valence-electron chi connectivity index (χ2n) is 7.54. The Bertz CT molecular complexity index is 924. The number of para-hydroxylation sites is 1. The predicted molar refractivity (Wildman–Crippen MR) is 107 cm³/mol. The molecule has 0 unspecified atom stereocenters. The molecule has 3 amide bonds. The van der Waals surface area contributed by atoms with Gasteiger partial charge < -0.3 is 24.0 Å². The molecule has 154 valence electrons. The number of benzene rings is 1. The van der Waals surface area contributed by atoms with Crippen LogP contribution in [0.25, 0.3) is 10.9 Å². The predicted octanol–water partition coefficient (Wildman–Crippen LogP) is 0.250. The quantitative estimate of drug-likeness (QED) is 0.680. The lowest BCUT2D eigenvalue weighted by Gasteiger charge is -2.36. The molecule has 0 saturated carbocycles. The van der Waals surface area contributed by atoms with Crippen LogP contribution in [0.4, 0.5) is 0 Å². The van der Waals surface area contributed by atoms with Gasteiger partial charge in [0.15, 0.2) is 0 Å². The standard InChI is InChI=1S/C21H26N4O4/c1-22-15-16(17-4-2-3-5-18(17)22)14-19(26)23-6-8-24(9-7-23)20(27)21(28)25-10-12-29-13-11-25/h2-5,15H,6-14H2,1H3. The van der Waals surface area contributed by atoms with E-state index in [4.69, 9.17) is 4.74 Å². The lowest BCUT2D eigenvalue weighted by Crippen LogP contribution is -2.55. The first kappa shape index (κ1) is 19.4. The molecule has 0 spiro atoms. The summed E-state index contributed by atoms with van der Waals surface area (Å²) in [4.78, 5) is 42.6. The number of ether oxygens (including phenoxy) is 1. The minimum Gasteiger partial charge on any atom is -0.378 e. The molecule has 0 bridgehead atoms. The molecule has 8 heteroatoms. The number of rotatable bonds is 2. The summed E-state index contributed by atoms with van der Waals surface area (Å²) in [5.74, 6) is -0.898. The smallest absolute Gasteiger partial charge is 0.312 e. The molecular weight excluding hydrogens is 372 g/mol. The zero-order valence-electron chi connectivity index (χ0n) is 16.7. The molecule has 2 aliphatic heterocycles. The van der Waals surface area contributed by atoms with Gasteiger partial charge in [0.05, 0.1) is 19.6 Å². The van der Waals surface area contributed by atoms with E-state index in [0.717, 1.165) is 16.5 Å². The fourth-order valence-electron chi connectivity index (χ4n) is 4.04. The number of fused-ring (bicyclic) bond motifs is 1. The molecule has 2 aromatic rings. The van der Waals surface area contributed by atoms with Gasteiger partial charge in [0.25, 0.3) is 0 Å². The molecule has 8 nitrogen and oxygen atoms in total. The van der Waals surface area contributed by atoms with Gasteiger partial charge >= 0.3 is 11.8 Å². The van der Waals surface area contributed by atoms with E-state index < -0.39 is 11.8 Å². The van der Waals surface area contributed by atoms with Crippen LogP contribution >= 0.6 is 0 Å². The van der Waals surface area contributed by atoms with Gasteiger partial charge in [-0.3, -0.25) is 14.4 Å². The van der Waals surface area contributed by atoms with Crippen molar-refractivity contribution in [3.63, 3.8) is 0 Å². The van der Waals surface area contributed by atoms with Gasteiger partial charge in [0.2, 0.25) is 5.91 Å². The second kappa shape index (κ2) is 8.24. The largest absolute Gasteiger partial charge is 0.378 e. The monoisotopic (exact) mass is 398 g/mol. The van der Waals surface area contributed by atoms with Gasteiger partial charge in [0, 0.05) is 63.4 Å². The van der Waals surface area contributed by atoms with Crippen LogP contribution in [-0.2, 0) is 32.6 Å². The van der Waals surface area contributed by atoms with Crippen LogP contribution in [0.15, 0.2) is 30.5 Å². The number of morpholine rings is 1. The van der Waals surface area contributed by atoms with Crippen LogP contribution in [0.2, 0.25) is 0 Å². The summed E-state index contributed by atoms with van der Waals surface area (Å²) in [5, 5.41) is 1.09. The Kier molecular flexibility index (Phi) is 5.53. The number of aryl methyl sites for hydroxylation is 1. The van der Waals surface area contributed by atoms with Gasteiger partial charge in [-0.15, -0.1) is 0 Å². The first-order chi connectivity index (χ1) is 14.0. The first-order valence-corrected chi connectivity index (χ1v) is 10.0. The van der Waals surface area contributed by atoms with Crippen molar-refractivity contribution in [2.45, 2.75) is 6.42 Å². The van der Waals surface area contributed by atoms with Crippen molar-refractivity contribution in [3.8, 4) is 0 Å². The van der Waals surface area contributed by atoms with Crippen molar-refractivity contribution >= 4 is 28.6 Å². The fourth-order valence-corrected chi connectivity index (χ4v) is 4.04. The number of nitrogens with zero attached hydrogens (tertiary/aromatic N) is 4. The highest BCUT2D eigenvalue weighted by Gasteiger charge is 2.31. The van der Waals surface area contributed by atoms with Gasteiger partial charge in [-0.25, -0.2) is 0 Å². The zero-order valence-corrected chi connectivity index (χ0v) is 16.7. The van der Waals surface area contributed by atoms with E-state index in [0.29, 0.717) is 58.9 Å². The summed E-state index contributed by atoms with van der Waals surface area (Å²) < 4.78 is 7.26. The summed E-state index contributed by atoms with van der Waals surface area (Å²) in [6.45, 7) is 3.51. The van der Waals surface area contributed by atoms with Crippen molar-refractivity contribution in [2.24, 2.45) is 7.05 Å². The Hall–Kier alpha value is -2.87. The topological polar surface area (TPSA) is 75.1 Å². The summed E-state index contributed by atoms with van der Waals surface area (Å²) in [6, 6.07) is 8.04. The highest BCUT2D eigenvalue weighted by molar-refractivity contribution is 6.34. The number of aromatic nitrogens is 1. The van der Waals surface area contributed by atoms with Crippen LogP contribution < -0.4 is 0 Å². The lowest BCUT2D eigenvalue weighted by molar-refractivity contribution is -0.155. The van der Waals surface area contributed by atoms with Crippen molar-refractivity contribution in [1.29, 1.82) is 0 Å². The van der Waals surface area contributed by atoms with Crippen molar-refractivity contribution in [2.75, 3.05) is 52.5 Å². The minimum absolute atomic E-state index is 0.0490. The van der Waals surface area contributed by atoms with Crippen molar-refractivity contribution < 1.29 is 19.1 Å². The summed E-state index contributed by atoms with van der Waals surface area (Å²) in [6.07, 6.45) is 2.34. The lowest BCUT2D eigenvalue weighted by atomic mass is 10.1. The van der Waals surface area contributed by atoms with Crippen LogP contribution in [0.1, 0.15) is 5.56 Å². The van der Waals surface area contributed by atoms with Crippen LogP contribution in [-0.4, -0.2) is 89.5 Å². The van der Waals surface area contributed by atoms with Gasteiger partial charge in [-0.1, -0.05) is 18.2 Å². The average Bonchev–Trinajstić information content (AvgIpc) is 3.09. The Balaban J connectivity index is 1.33. The molecule has 2 saturated heterocycles. The average molecular weight is 398 g/mol. The molecule has 0 N–H and O–H groups in total. The Labute approximate surface area is 169 Å². The minimum atomic E-state index is -0.479. The summed E-state index contributed by atoms with van der Waals surface area (Å²) in [5.41, 5.74) is 2.11. The van der Waals surface area contributed by atoms with E-state index >= 15 is 0 Å². The van der Waals surface area contributed by atoms with Gasteiger partial charge in [-0.2, -0.15) is 0 Å². The third-order valence-electron chi connectivity index (χ3n) is 5.72. The molecule has 0 aliphatic carbocycles. The molecule has 29 heavy (non-hydrogen) atoms. The molecular formula is C21H26N4O4. The molecule has 1 aromatic carbocycles. The summed E-state index contributed by atoms with van der Waals surface area (Å²) in [7, 11) is 1.98. The number of amides is 3. The Morgan fingerprint density at radius 1 is 0.862 bits per heavy atom. The molecule has 0 atom stereocenters. The van der Waals surface area contributed by atoms with E-state index in [1.807, 2.05) is 42.1 Å². The Morgan fingerprint density at radius 3 is 2.14 bits per heavy atom. The molecule has 0 radical (unpaired) electrons. The number of hydrogen-bond donors (Lipinski definition) is 0. The third-order valence-corrected chi connectivity index (χ3v) is 5.72. The van der Waals surface area contributed by atoms with E-state index in [1.54, 1.807) is 14.7 Å². The number of carbonyl (C=O) groups is 3. The van der Waals surface area contributed by atoms with E-state index in [-0.39, 0.29) is 5.91 Å². The zero-order chi connectivity index (χ0) is 20.4.